The minimum Gasteiger partial charge on any atom is -0.398 e. The standard InChI is InChI=1S/C16H17FN2O/c1-9-5-4-6-15(10(9)2)19-16(20)12-7-13(17)11(3)14(18)8-12/h4-8H,18H2,1-3H3,(H,19,20). The van der Waals surface area contributed by atoms with Crippen molar-refractivity contribution in [1.82, 2.24) is 0 Å². The lowest BCUT2D eigenvalue weighted by molar-refractivity contribution is 0.102. The normalized spacial score (nSPS) is 10.4. The fraction of sp³-hybridized carbons (Fsp3) is 0.188. The minimum atomic E-state index is -0.476. The maximum atomic E-state index is 13.6. The van der Waals surface area contributed by atoms with E-state index in [0.29, 0.717) is 5.56 Å². The summed E-state index contributed by atoms with van der Waals surface area (Å²) in [6.07, 6.45) is 0. The lowest BCUT2D eigenvalue weighted by atomic mass is 10.1. The van der Waals surface area contributed by atoms with Crippen molar-refractivity contribution in [1.29, 1.82) is 0 Å². The maximum absolute atomic E-state index is 13.6. The molecular weight excluding hydrogens is 255 g/mol. The van der Waals surface area contributed by atoms with Gasteiger partial charge in [-0.3, -0.25) is 4.79 Å². The van der Waals surface area contributed by atoms with Gasteiger partial charge in [-0.25, -0.2) is 4.39 Å². The van der Waals surface area contributed by atoms with Gasteiger partial charge in [0.1, 0.15) is 5.82 Å². The largest absolute Gasteiger partial charge is 0.398 e. The summed E-state index contributed by atoms with van der Waals surface area (Å²) in [6.45, 7) is 5.47. The molecule has 0 saturated heterocycles. The van der Waals surface area contributed by atoms with Crippen LogP contribution in [0.5, 0.6) is 0 Å². The number of aryl methyl sites for hydroxylation is 1. The summed E-state index contributed by atoms with van der Waals surface area (Å²) in [7, 11) is 0. The van der Waals surface area contributed by atoms with Gasteiger partial charge in [0.15, 0.2) is 0 Å². The average Bonchev–Trinajstić information content (AvgIpc) is 2.40. The number of benzene rings is 2. The number of nitrogen functional groups attached to an aromatic ring is 1. The van der Waals surface area contributed by atoms with Gasteiger partial charge in [-0.2, -0.15) is 0 Å². The Labute approximate surface area is 117 Å². The van der Waals surface area contributed by atoms with Crippen LogP contribution in [0.3, 0.4) is 0 Å². The Kier molecular flexibility index (Phi) is 3.74. The van der Waals surface area contributed by atoms with Gasteiger partial charge in [-0.05, 0) is 50.1 Å². The molecule has 0 aliphatic heterocycles. The predicted octanol–water partition coefficient (Wildman–Crippen LogP) is 3.59. The number of rotatable bonds is 2. The lowest BCUT2D eigenvalue weighted by Gasteiger charge is -2.11. The van der Waals surface area contributed by atoms with Crippen LogP contribution in [0.1, 0.15) is 27.0 Å². The van der Waals surface area contributed by atoms with Crippen molar-refractivity contribution in [2.75, 3.05) is 11.1 Å². The number of halogens is 1. The smallest absolute Gasteiger partial charge is 0.255 e. The number of carbonyl (C=O) groups is 1. The molecular formula is C16H17FN2O. The number of nitrogens with one attached hydrogen (secondary N) is 1. The van der Waals surface area contributed by atoms with Crippen molar-refractivity contribution in [3.8, 4) is 0 Å². The average molecular weight is 272 g/mol. The van der Waals surface area contributed by atoms with Crippen molar-refractivity contribution < 1.29 is 9.18 Å². The SMILES string of the molecule is Cc1cccc(NC(=O)c2cc(N)c(C)c(F)c2)c1C. The summed E-state index contributed by atoms with van der Waals surface area (Å²) in [5.41, 5.74) is 9.32. The molecule has 1 amide bonds. The van der Waals surface area contributed by atoms with E-state index in [9.17, 15) is 9.18 Å². The minimum absolute atomic E-state index is 0.214. The van der Waals surface area contributed by atoms with E-state index in [1.54, 1.807) is 6.92 Å². The molecule has 20 heavy (non-hydrogen) atoms. The first-order chi connectivity index (χ1) is 9.40. The molecule has 0 unspecified atom stereocenters. The van der Waals surface area contributed by atoms with Crippen molar-refractivity contribution >= 4 is 17.3 Å². The second kappa shape index (κ2) is 5.33. The topological polar surface area (TPSA) is 55.1 Å². The molecule has 2 aromatic rings. The molecule has 0 atom stereocenters. The molecule has 0 radical (unpaired) electrons. The highest BCUT2D eigenvalue weighted by atomic mass is 19.1. The van der Waals surface area contributed by atoms with Gasteiger partial charge in [-0.1, -0.05) is 12.1 Å². The molecule has 3 nitrogen and oxygen atoms in total. The fourth-order valence-electron chi connectivity index (χ4n) is 1.91. The van der Waals surface area contributed by atoms with Gasteiger partial charge >= 0.3 is 0 Å². The Hall–Kier alpha value is -2.36. The Morgan fingerprint density at radius 1 is 1.15 bits per heavy atom. The quantitative estimate of drug-likeness (QED) is 0.821. The van der Waals surface area contributed by atoms with E-state index in [1.807, 2.05) is 32.0 Å². The molecule has 2 aromatic carbocycles. The molecule has 3 N–H and O–H groups in total. The molecule has 2 rings (SSSR count). The third-order valence-corrected chi connectivity index (χ3v) is 3.50. The highest BCUT2D eigenvalue weighted by Gasteiger charge is 2.12. The van der Waals surface area contributed by atoms with Gasteiger partial charge in [0, 0.05) is 22.5 Å². The molecule has 0 saturated carbocycles. The highest BCUT2D eigenvalue weighted by Crippen LogP contribution is 2.21. The van der Waals surface area contributed by atoms with Crippen LogP contribution in [0.15, 0.2) is 30.3 Å². The number of carbonyl (C=O) groups excluding carboxylic acids is 1. The number of hydrogen-bond donors (Lipinski definition) is 2. The Balaban J connectivity index is 2.31. The highest BCUT2D eigenvalue weighted by molar-refractivity contribution is 6.05. The van der Waals surface area contributed by atoms with Crippen molar-refractivity contribution in [2.24, 2.45) is 0 Å². The summed E-state index contributed by atoms with van der Waals surface area (Å²) in [5.74, 6) is -0.847. The van der Waals surface area contributed by atoms with E-state index >= 15 is 0 Å². The number of hydrogen-bond acceptors (Lipinski definition) is 2. The van der Waals surface area contributed by atoms with Crippen molar-refractivity contribution in [3.63, 3.8) is 0 Å². The zero-order valence-corrected chi connectivity index (χ0v) is 11.8. The second-order valence-electron chi connectivity index (χ2n) is 4.87. The Morgan fingerprint density at radius 3 is 2.50 bits per heavy atom. The van der Waals surface area contributed by atoms with Crippen LogP contribution in [0.2, 0.25) is 0 Å². The first-order valence-corrected chi connectivity index (χ1v) is 6.33. The predicted molar refractivity (Wildman–Crippen MR) is 79.4 cm³/mol. The molecule has 0 spiro atoms. The molecule has 0 aliphatic carbocycles. The van der Waals surface area contributed by atoms with Gasteiger partial charge in [0.2, 0.25) is 0 Å². The van der Waals surface area contributed by atoms with Gasteiger partial charge < -0.3 is 11.1 Å². The van der Waals surface area contributed by atoms with Crippen LogP contribution in [0.25, 0.3) is 0 Å². The summed E-state index contributed by atoms with van der Waals surface area (Å²) < 4.78 is 13.6. The number of nitrogens with two attached hydrogens (primary N) is 1. The Bertz CT molecular complexity index is 657. The summed E-state index contributed by atoms with van der Waals surface area (Å²) in [6, 6.07) is 8.33. The lowest BCUT2D eigenvalue weighted by Crippen LogP contribution is -2.14. The number of anilines is 2. The van der Waals surface area contributed by atoms with Crippen molar-refractivity contribution in [3.05, 3.63) is 58.4 Å². The number of amides is 1. The van der Waals surface area contributed by atoms with E-state index in [2.05, 4.69) is 5.32 Å². The molecule has 0 aliphatic rings. The molecule has 0 bridgehead atoms. The third kappa shape index (κ3) is 2.64. The van der Waals surface area contributed by atoms with E-state index in [0.717, 1.165) is 16.8 Å². The van der Waals surface area contributed by atoms with Crippen molar-refractivity contribution in [2.45, 2.75) is 20.8 Å². The van der Waals surface area contributed by atoms with Gasteiger partial charge in [0.25, 0.3) is 5.91 Å². The molecule has 4 heteroatoms. The molecule has 104 valence electrons. The van der Waals surface area contributed by atoms with Crippen LogP contribution in [-0.2, 0) is 0 Å². The molecule has 0 fully saturated rings. The Morgan fingerprint density at radius 2 is 1.85 bits per heavy atom. The summed E-state index contributed by atoms with van der Waals surface area (Å²) in [5, 5.41) is 2.78. The van der Waals surface area contributed by atoms with E-state index in [1.165, 1.54) is 12.1 Å². The van der Waals surface area contributed by atoms with Crippen LogP contribution in [-0.4, -0.2) is 5.91 Å². The third-order valence-electron chi connectivity index (χ3n) is 3.50. The molecule has 0 aromatic heterocycles. The first-order valence-electron chi connectivity index (χ1n) is 6.33. The van der Waals surface area contributed by atoms with Gasteiger partial charge in [-0.15, -0.1) is 0 Å². The second-order valence-corrected chi connectivity index (χ2v) is 4.87. The van der Waals surface area contributed by atoms with Crippen LogP contribution >= 0.6 is 0 Å². The van der Waals surface area contributed by atoms with Gasteiger partial charge in [0.05, 0.1) is 0 Å². The maximum Gasteiger partial charge on any atom is 0.255 e. The summed E-state index contributed by atoms with van der Waals surface area (Å²) >= 11 is 0. The zero-order valence-electron chi connectivity index (χ0n) is 11.8. The van der Waals surface area contributed by atoms with E-state index < -0.39 is 5.82 Å². The summed E-state index contributed by atoms with van der Waals surface area (Å²) in [4.78, 5) is 12.2. The van der Waals surface area contributed by atoms with Crippen LogP contribution in [0.4, 0.5) is 15.8 Å². The first kappa shape index (κ1) is 14.1. The van der Waals surface area contributed by atoms with Crippen LogP contribution < -0.4 is 11.1 Å². The monoisotopic (exact) mass is 272 g/mol. The van der Waals surface area contributed by atoms with E-state index in [-0.39, 0.29) is 17.2 Å². The fourth-order valence-corrected chi connectivity index (χ4v) is 1.91. The zero-order chi connectivity index (χ0) is 14.9. The van der Waals surface area contributed by atoms with Crippen LogP contribution in [0, 0.1) is 26.6 Å². The van der Waals surface area contributed by atoms with E-state index in [4.69, 9.17) is 5.73 Å². The molecule has 0 heterocycles.